The number of amides is 1. The van der Waals surface area contributed by atoms with E-state index < -0.39 is 49.1 Å². The molecule has 4 N–H and O–H groups in total. The minimum Gasteiger partial charge on any atom is -1.00 e. The standard InChI is InChI=1S/C41H50N6O9.ClH/c1-6-45(7-2)27-14-16-31-33(20-27)55-34-21-28(46(8-3)9-4)15-17-32(34)36(31)29-12-10-11-13-30(29)40(52)53-19-18-47-22-26(43-44-47)24-54-41-37(42-25(5)49)39(51)38(50)35(23-48)56-41;/h10-17,20-22,35,37-39,41,48,50-51H,6-9,18-19,23-24H2,1-5H3;1H/t35-,37-,38+,39-,41+;/m1./s1. The molecule has 3 aliphatic rings. The molecule has 1 aromatic heterocycles. The van der Waals surface area contributed by atoms with Gasteiger partial charge in [-0.1, -0.05) is 23.4 Å². The summed E-state index contributed by atoms with van der Waals surface area (Å²) in [5.41, 5.74) is 5.04. The number of fused-ring (bicyclic) bond motifs is 2. The van der Waals surface area contributed by atoms with Crippen LogP contribution in [-0.4, -0.2) is 112 Å². The van der Waals surface area contributed by atoms with Gasteiger partial charge in [0.2, 0.25) is 11.3 Å². The van der Waals surface area contributed by atoms with Gasteiger partial charge in [0, 0.05) is 54.3 Å². The van der Waals surface area contributed by atoms with Crippen LogP contribution < -0.4 is 32.6 Å². The Hall–Kier alpha value is -4.90. The zero-order valence-electron chi connectivity index (χ0n) is 32.8. The van der Waals surface area contributed by atoms with Gasteiger partial charge >= 0.3 is 5.97 Å². The van der Waals surface area contributed by atoms with Crippen LogP contribution in [0.1, 0.15) is 50.7 Å². The van der Waals surface area contributed by atoms with E-state index in [1.165, 1.54) is 11.6 Å². The number of esters is 1. The number of nitrogens with zero attached hydrogens (tertiary/aromatic N) is 5. The van der Waals surface area contributed by atoms with Gasteiger partial charge in [-0.3, -0.25) is 4.79 Å². The first-order valence-corrected chi connectivity index (χ1v) is 19.1. The number of ether oxygens (including phenoxy) is 3. The van der Waals surface area contributed by atoms with Crippen molar-refractivity contribution in [3.8, 4) is 22.5 Å². The van der Waals surface area contributed by atoms with Crippen molar-refractivity contribution in [1.82, 2.24) is 24.9 Å². The summed E-state index contributed by atoms with van der Waals surface area (Å²) in [5, 5.41) is 43.0. The van der Waals surface area contributed by atoms with Crippen molar-refractivity contribution < 1.29 is 55.9 Å². The van der Waals surface area contributed by atoms with Crippen LogP contribution in [0.2, 0.25) is 0 Å². The van der Waals surface area contributed by atoms with Crippen molar-refractivity contribution in [2.45, 2.75) is 78.4 Å². The minimum atomic E-state index is -1.43. The lowest BCUT2D eigenvalue weighted by Gasteiger charge is -2.42. The topological polar surface area (TPSA) is 185 Å². The van der Waals surface area contributed by atoms with Gasteiger partial charge < -0.3 is 56.6 Å². The summed E-state index contributed by atoms with van der Waals surface area (Å²) >= 11 is 0. The zero-order chi connectivity index (χ0) is 39.9. The molecule has 0 unspecified atom stereocenters. The third-order valence-corrected chi connectivity index (χ3v) is 10.1. The predicted octanol–water partition coefficient (Wildman–Crippen LogP) is -0.224. The highest BCUT2D eigenvalue weighted by atomic mass is 35.5. The van der Waals surface area contributed by atoms with Crippen molar-refractivity contribution in [2.24, 2.45) is 0 Å². The molecule has 1 saturated heterocycles. The summed E-state index contributed by atoms with van der Waals surface area (Å²) in [4.78, 5) is 27.8. The Bertz CT molecular complexity index is 2180. The molecule has 1 fully saturated rings. The molecule has 5 atom stereocenters. The quantitative estimate of drug-likeness (QED) is 0.0621. The van der Waals surface area contributed by atoms with E-state index in [1.54, 1.807) is 12.3 Å². The Morgan fingerprint density at radius 3 is 2.44 bits per heavy atom. The van der Waals surface area contributed by atoms with Crippen molar-refractivity contribution in [1.29, 1.82) is 0 Å². The monoisotopic (exact) mass is 806 g/mol. The SMILES string of the molecule is CCN(CC)c1ccc2c(-c3ccccc3C(=O)OCCn3cc(CO[C@H]4O[C@H](CO)[C@H](O)[C@H](O)[C@H]4NC(C)=O)nn3)c3ccc(=[N+](CC)CC)cc-3oc2c1.[Cl-]. The van der Waals surface area contributed by atoms with Crippen molar-refractivity contribution in [2.75, 3.05) is 44.3 Å². The van der Waals surface area contributed by atoms with Crippen molar-refractivity contribution in [3.63, 3.8) is 0 Å². The van der Waals surface area contributed by atoms with E-state index in [4.69, 9.17) is 18.6 Å². The van der Waals surface area contributed by atoms with E-state index in [0.29, 0.717) is 22.6 Å². The lowest BCUT2D eigenvalue weighted by molar-refractivity contribution is -0.273. The number of nitrogens with one attached hydrogen (secondary N) is 1. The molecule has 15 nitrogen and oxygen atoms in total. The molecule has 1 aliphatic carbocycles. The number of aliphatic hydroxyl groups excluding tert-OH is 3. The number of rotatable bonds is 15. The van der Waals surface area contributed by atoms with Gasteiger partial charge in [-0.25, -0.2) is 14.1 Å². The third-order valence-electron chi connectivity index (χ3n) is 10.1. The van der Waals surface area contributed by atoms with E-state index >= 15 is 0 Å². The molecule has 0 radical (unpaired) electrons. The molecule has 306 valence electrons. The second-order valence-corrected chi connectivity index (χ2v) is 13.6. The van der Waals surface area contributed by atoms with Gasteiger partial charge in [0.1, 0.15) is 61.1 Å². The van der Waals surface area contributed by atoms with E-state index in [1.807, 2.05) is 18.2 Å². The number of benzene rings is 3. The molecule has 2 aliphatic heterocycles. The molecule has 2 aromatic carbocycles. The number of carbonyl (C=O) groups excluding carboxylic acids is 2. The second kappa shape index (κ2) is 19.5. The number of anilines is 1. The van der Waals surface area contributed by atoms with E-state index in [0.717, 1.165) is 59.3 Å². The Labute approximate surface area is 337 Å². The summed E-state index contributed by atoms with van der Waals surface area (Å²) < 4.78 is 27.6. The van der Waals surface area contributed by atoms with Crippen LogP contribution in [0, 0.1) is 0 Å². The maximum atomic E-state index is 13.8. The first-order chi connectivity index (χ1) is 27.1. The molecule has 3 heterocycles. The first kappa shape index (κ1) is 43.2. The molecule has 0 saturated carbocycles. The highest BCUT2D eigenvalue weighted by Gasteiger charge is 2.45. The lowest BCUT2D eigenvalue weighted by Crippen LogP contribution is -3.00. The molecule has 6 rings (SSSR count). The summed E-state index contributed by atoms with van der Waals surface area (Å²) in [7, 11) is 0. The fourth-order valence-corrected chi connectivity index (χ4v) is 7.21. The Morgan fingerprint density at radius 2 is 1.74 bits per heavy atom. The highest BCUT2D eigenvalue weighted by molar-refractivity contribution is 6.08. The van der Waals surface area contributed by atoms with Gasteiger partial charge in [-0.15, -0.1) is 5.10 Å². The molecule has 3 aromatic rings. The molecule has 16 heteroatoms. The third kappa shape index (κ3) is 9.46. The zero-order valence-corrected chi connectivity index (χ0v) is 33.6. The number of aromatic nitrogens is 3. The smallest absolute Gasteiger partial charge is 0.338 e. The Kier molecular flexibility index (Phi) is 14.8. The Balaban J connectivity index is 0.00000620. The van der Waals surface area contributed by atoms with Crippen LogP contribution >= 0.6 is 0 Å². The average molecular weight is 807 g/mol. The van der Waals surface area contributed by atoms with Gasteiger partial charge in [0.15, 0.2) is 6.29 Å². The van der Waals surface area contributed by atoms with E-state index in [-0.39, 0.29) is 32.2 Å². The number of hydrogen-bond acceptors (Lipinski definition) is 12. The number of halogens is 1. The predicted molar refractivity (Wildman–Crippen MR) is 209 cm³/mol. The molecule has 1 amide bonds. The maximum Gasteiger partial charge on any atom is 0.338 e. The highest BCUT2D eigenvalue weighted by Crippen LogP contribution is 2.42. The Morgan fingerprint density at radius 1 is 0.982 bits per heavy atom. The summed E-state index contributed by atoms with van der Waals surface area (Å²) in [6, 6.07) is 18.8. The second-order valence-electron chi connectivity index (χ2n) is 13.6. The average Bonchev–Trinajstić information content (AvgIpc) is 3.66. The number of carbonyl (C=O) groups is 2. The van der Waals surface area contributed by atoms with Crippen LogP contribution in [0.15, 0.2) is 71.3 Å². The van der Waals surface area contributed by atoms with Crippen LogP contribution in [0.5, 0.6) is 0 Å². The molecular weight excluding hydrogens is 756 g/mol. The van der Waals surface area contributed by atoms with Crippen molar-refractivity contribution in [3.05, 3.63) is 83.5 Å². The first-order valence-electron chi connectivity index (χ1n) is 19.1. The van der Waals surface area contributed by atoms with Gasteiger partial charge in [0.25, 0.3) is 0 Å². The van der Waals surface area contributed by atoms with E-state index in [9.17, 15) is 24.9 Å². The van der Waals surface area contributed by atoms with Crippen LogP contribution in [0.25, 0.3) is 33.4 Å². The van der Waals surface area contributed by atoms with Gasteiger partial charge in [0.05, 0.1) is 37.6 Å². The minimum absolute atomic E-state index is 0. The molecular formula is C41H51ClN6O9. The fourth-order valence-electron chi connectivity index (χ4n) is 7.21. The van der Waals surface area contributed by atoms with Crippen LogP contribution in [-0.2, 0) is 32.2 Å². The molecule has 0 bridgehead atoms. The summed E-state index contributed by atoms with van der Waals surface area (Å²) in [6.45, 7) is 12.7. The lowest BCUT2D eigenvalue weighted by atomic mass is 9.90. The van der Waals surface area contributed by atoms with Crippen molar-refractivity contribution >= 4 is 28.5 Å². The number of hydrogen-bond donors (Lipinski definition) is 4. The van der Waals surface area contributed by atoms with Crippen LogP contribution in [0.4, 0.5) is 5.69 Å². The van der Waals surface area contributed by atoms with Crippen LogP contribution in [0.3, 0.4) is 0 Å². The summed E-state index contributed by atoms with van der Waals surface area (Å²) in [6.07, 6.45) is -3.54. The summed E-state index contributed by atoms with van der Waals surface area (Å²) in [5.74, 6) is -0.243. The molecule has 57 heavy (non-hydrogen) atoms. The van der Waals surface area contributed by atoms with Gasteiger partial charge in [-0.2, -0.15) is 0 Å². The maximum absolute atomic E-state index is 13.8. The normalized spacial score (nSPS) is 19.3. The largest absolute Gasteiger partial charge is 1.00 e. The number of aliphatic hydroxyl groups is 3. The van der Waals surface area contributed by atoms with E-state index in [2.05, 4.69) is 89.2 Å². The molecule has 0 spiro atoms. The fraction of sp³-hybridized carbons (Fsp3) is 0.439. The van der Waals surface area contributed by atoms with Gasteiger partial charge in [-0.05, 0) is 57.5 Å².